The van der Waals surface area contributed by atoms with Gasteiger partial charge in [-0.1, -0.05) is 12.8 Å². The van der Waals surface area contributed by atoms with Crippen LogP contribution in [0, 0.1) is 5.92 Å². The monoisotopic (exact) mass is 239 g/mol. The van der Waals surface area contributed by atoms with Crippen LogP contribution in [0.1, 0.15) is 38.5 Å². The zero-order valence-electron chi connectivity index (χ0n) is 9.62. The van der Waals surface area contributed by atoms with Crippen LogP contribution in [0.3, 0.4) is 0 Å². The number of rotatable bonds is 2. The molecule has 3 amide bonds. The van der Waals surface area contributed by atoms with E-state index in [9.17, 15) is 14.4 Å². The smallest absolute Gasteiger partial charge is 0.327 e. The van der Waals surface area contributed by atoms with Crippen LogP contribution in [0.4, 0.5) is 0 Å². The van der Waals surface area contributed by atoms with E-state index in [0.29, 0.717) is 0 Å². The molecular formula is C11H17N3O3. The molecule has 17 heavy (non-hydrogen) atoms. The van der Waals surface area contributed by atoms with Crippen molar-refractivity contribution in [1.82, 2.24) is 16.2 Å². The van der Waals surface area contributed by atoms with Crippen LogP contribution < -0.4 is 16.2 Å². The van der Waals surface area contributed by atoms with Gasteiger partial charge in [-0.15, -0.1) is 0 Å². The van der Waals surface area contributed by atoms with Crippen molar-refractivity contribution >= 4 is 17.7 Å². The Bertz CT molecular complexity index is 333. The third-order valence-electron chi connectivity index (χ3n) is 3.14. The maximum Gasteiger partial charge on any atom is 0.327 e. The van der Waals surface area contributed by atoms with Crippen molar-refractivity contribution in [2.75, 3.05) is 0 Å². The summed E-state index contributed by atoms with van der Waals surface area (Å²) in [5.74, 6) is -1.71. The van der Waals surface area contributed by atoms with Crippen molar-refractivity contribution in [2.45, 2.75) is 44.6 Å². The van der Waals surface area contributed by atoms with Gasteiger partial charge in [-0.05, 0) is 25.7 Å². The lowest BCUT2D eigenvalue weighted by molar-refractivity contribution is -0.141. The molecule has 0 spiro atoms. The van der Waals surface area contributed by atoms with Gasteiger partial charge in [0.25, 0.3) is 0 Å². The van der Waals surface area contributed by atoms with E-state index in [2.05, 4.69) is 16.2 Å². The van der Waals surface area contributed by atoms with Crippen molar-refractivity contribution < 1.29 is 14.4 Å². The zero-order chi connectivity index (χ0) is 12.3. The van der Waals surface area contributed by atoms with Gasteiger partial charge in [0.2, 0.25) is 5.91 Å². The molecule has 0 aromatic heterocycles. The second kappa shape index (κ2) is 5.16. The average molecular weight is 239 g/mol. The Morgan fingerprint density at radius 3 is 2.06 bits per heavy atom. The van der Waals surface area contributed by atoms with Crippen LogP contribution in [0.15, 0.2) is 0 Å². The van der Waals surface area contributed by atoms with Crippen LogP contribution in [0.5, 0.6) is 0 Å². The summed E-state index contributed by atoms with van der Waals surface area (Å²) in [5.41, 5.74) is 4.44. The fraction of sp³-hybridized carbons (Fsp3) is 0.727. The fourth-order valence-corrected chi connectivity index (χ4v) is 1.94. The highest BCUT2D eigenvalue weighted by atomic mass is 16.2. The predicted molar refractivity (Wildman–Crippen MR) is 59.4 cm³/mol. The maximum absolute atomic E-state index is 11.5. The average Bonchev–Trinajstić information content (AvgIpc) is 2.96. The molecule has 0 aromatic carbocycles. The molecule has 0 aromatic rings. The van der Waals surface area contributed by atoms with Crippen molar-refractivity contribution in [3.05, 3.63) is 0 Å². The molecule has 6 heteroatoms. The molecule has 2 aliphatic rings. The summed E-state index contributed by atoms with van der Waals surface area (Å²) in [7, 11) is 0. The maximum atomic E-state index is 11.5. The van der Waals surface area contributed by atoms with Crippen molar-refractivity contribution in [1.29, 1.82) is 0 Å². The summed E-state index contributed by atoms with van der Waals surface area (Å²) in [5, 5.41) is 2.54. The normalized spacial score (nSPS) is 19.8. The van der Waals surface area contributed by atoms with Gasteiger partial charge in [0, 0.05) is 12.0 Å². The number of hydrogen-bond donors (Lipinski definition) is 3. The van der Waals surface area contributed by atoms with E-state index in [1.807, 2.05) is 0 Å². The van der Waals surface area contributed by atoms with E-state index in [4.69, 9.17) is 0 Å². The molecule has 0 atom stereocenters. The fourth-order valence-electron chi connectivity index (χ4n) is 1.94. The largest absolute Gasteiger partial charge is 0.345 e. The Labute approximate surface area is 99.5 Å². The van der Waals surface area contributed by atoms with Crippen molar-refractivity contribution in [3.8, 4) is 0 Å². The van der Waals surface area contributed by atoms with Crippen LogP contribution in [-0.2, 0) is 14.4 Å². The molecule has 0 saturated heterocycles. The minimum atomic E-state index is -0.803. The van der Waals surface area contributed by atoms with E-state index in [1.54, 1.807) is 0 Å². The summed E-state index contributed by atoms with van der Waals surface area (Å²) in [6.45, 7) is 0. The topological polar surface area (TPSA) is 87.3 Å². The van der Waals surface area contributed by atoms with E-state index < -0.39 is 11.8 Å². The van der Waals surface area contributed by atoms with Gasteiger partial charge in [0.1, 0.15) is 0 Å². The lowest BCUT2D eigenvalue weighted by atomic mass is 10.1. The number of hydrogen-bond acceptors (Lipinski definition) is 3. The molecule has 2 aliphatic carbocycles. The van der Waals surface area contributed by atoms with Crippen LogP contribution >= 0.6 is 0 Å². The highest BCUT2D eigenvalue weighted by molar-refractivity contribution is 6.35. The van der Waals surface area contributed by atoms with Gasteiger partial charge < -0.3 is 5.32 Å². The molecule has 0 heterocycles. The highest BCUT2D eigenvalue weighted by Crippen LogP contribution is 2.24. The third kappa shape index (κ3) is 3.44. The Hall–Kier alpha value is -1.59. The van der Waals surface area contributed by atoms with E-state index in [0.717, 1.165) is 38.5 Å². The number of hydrazine groups is 1. The molecule has 2 rings (SSSR count). The molecule has 6 nitrogen and oxygen atoms in total. The van der Waals surface area contributed by atoms with E-state index in [-0.39, 0.29) is 17.9 Å². The van der Waals surface area contributed by atoms with E-state index >= 15 is 0 Å². The van der Waals surface area contributed by atoms with Crippen LogP contribution in [0.2, 0.25) is 0 Å². The number of carbonyl (C=O) groups is 3. The number of nitrogens with one attached hydrogen (secondary N) is 3. The molecule has 0 unspecified atom stereocenters. The van der Waals surface area contributed by atoms with Gasteiger partial charge in [-0.3, -0.25) is 25.2 Å². The summed E-state index contributed by atoms with van der Waals surface area (Å²) >= 11 is 0. The molecule has 94 valence electrons. The SMILES string of the molecule is O=C(NNC(=O)C1CCCC1)C(=O)NC1CC1. The summed E-state index contributed by atoms with van der Waals surface area (Å²) < 4.78 is 0. The van der Waals surface area contributed by atoms with Gasteiger partial charge in [-0.25, -0.2) is 0 Å². The van der Waals surface area contributed by atoms with Gasteiger partial charge >= 0.3 is 11.8 Å². The first-order valence-corrected chi connectivity index (χ1v) is 6.07. The predicted octanol–water partition coefficient (Wildman–Crippen LogP) is -0.397. The summed E-state index contributed by atoms with van der Waals surface area (Å²) in [6, 6.07) is 0.138. The van der Waals surface area contributed by atoms with Gasteiger partial charge in [0.15, 0.2) is 0 Å². The number of amides is 3. The minimum Gasteiger partial charge on any atom is -0.345 e. The quantitative estimate of drug-likeness (QED) is 0.453. The lowest BCUT2D eigenvalue weighted by Crippen LogP contribution is -2.50. The Balaban J connectivity index is 1.67. The minimum absolute atomic E-state index is 0.0261. The zero-order valence-corrected chi connectivity index (χ0v) is 9.62. The van der Waals surface area contributed by atoms with Crippen molar-refractivity contribution in [2.24, 2.45) is 5.92 Å². The lowest BCUT2D eigenvalue weighted by Gasteiger charge is -2.11. The number of carbonyl (C=O) groups excluding carboxylic acids is 3. The molecule has 0 bridgehead atoms. The van der Waals surface area contributed by atoms with Crippen LogP contribution in [-0.4, -0.2) is 23.8 Å². The molecule has 0 radical (unpaired) electrons. The highest BCUT2D eigenvalue weighted by Gasteiger charge is 2.27. The van der Waals surface area contributed by atoms with E-state index in [1.165, 1.54) is 0 Å². The Morgan fingerprint density at radius 2 is 1.47 bits per heavy atom. The first-order valence-electron chi connectivity index (χ1n) is 6.07. The van der Waals surface area contributed by atoms with Gasteiger partial charge in [-0.2, -0.15) is 0 Å². The molecule has 0 aliphatic heterocycles. The molecule has 2 saturated carbocycles. The second-order valence-electron chi connectivity index (χ2n) is 4.67. The second-order valence-corrected chi connectivity index (χ2v) is 4.67. The first-order chi connectivity index (χ1) is 8.16. The summed E-state index contributed by atoms with van der Waals surface area (Å²) in [4.78, 5) is 34.1. The molecular weight excluding hydrogens is 222 g/mol. The third-order valence-corrected chi connectivity index (χ3v) is 3.14. The molecule has 3 N–H and O–H groups in total. The van der Waals surface area contributed by atoms with Crippen LogP contribution in [0.25, 0.3) is 0 Å². The standard InChI is InChI=1S/C11H17N3O3/c15-9(7-3-1-2-4-7)13-14-11(17)10(16)12-8-5-6-8/h7-8H,1-6H2,(H,12,16)(H,13,15)(H,14,17). The molecule has 2 fully saturated rings. The van der Waals surface area contributed by atoms with Gasteiger partial charge in [0.05, 0.1) is 0 Å². The Kier molecular flexibility index (Phi) is 3.61. The first kappa shape index (κ1) is 11.9. The van der Waals surface area contributed by atoms with Crippen molar-refractivity contribution in [3.63, 3.8) is 0 Å². The summed E-state index contributed by atoms with van der Waals surface area (Å²) in [6.07, 6.45) is 5.66. The Morgan fingerprint density at radius 1 is 0.824 bits per heavy atom.